The summed E-state index contributed by atoms with van der Waals surface area (Å²) in [5.41, 5.74) is 0.0422. The molecule has 1 aliphatic rings. The van der Waals surface area contributed by atoms with Gasteiger partial charge in [-0.05, 0) is 36.5 Å². The van der Waals surface area contributed by atoms with Crippen LogP contribution in [0.3, 0.4) is 0 Å². The van der Waals surface area contributed by atoms with Gasteiger partial charge in [-0.1, -0.05) is 38.3 Å². The molecule has 126 valence electrons. The van der Waals surface area contributed by atoms with Crippen LogP contribution in [0.4, 0.5) is 4.39 Å². The average molecular weight is 342 g/mol. The molecule has 1 aromatic carbocycles. The average Bonchev–Trinajstić information content (AvgIpc) is 2.49. The Balaban J connectivity index is 1.85. The third-order valence-corrected chi connectivity index (χ3v) is 4.85. The molecule has 0 spiro atoms. The van der Waals surface area contributed by atoms with Gasteiger partial charge < -0.3 is 10.1 Å². The first-order chi connectivity index (χ1) is 10.9. The molecule has 1 fully saturated rings. The van der Waals surface area contributed by atoms with E-state index in [-0.39, 0.29) is 29.1 Å². The first-order valence-corrected chi connectivity index (χ1v) is 8.18. The molecule has 1 aliphatic carbocycles. The van der Waals surface area contributed by atoms with Crippen LogP contribution < -0.4 is 5.32 Å². The fourth-order valence-electron chi connectivity index (χ4n) is 2.90. The predicted molar refractivity (Wildman–Crippen MR) is 85.8 cm³/mol. The number of ether oxygens (including phenoxy) is 1. The monoisotopic (exact) mass is 341 g/mol. The number of nitrogens with one attached hydrogen (secondary N) is 1. The lowest BCUT2D eigenvalue weighted by molar-refractivity contribution is -0.125. The largest absolute Gasteiger partial charge is 0.452 e. The van der Waals surface area contributed by atoms with E-state index in [9.17, 15) is 14.0 Å². The Labute approximate surface area is 140 Å². The van der Waals surface area contributed by atoms with E-state index in [0.29, 0.717) is 11.8 Å². The highest BCUT2D eigenvalue weighted by Crippen LogP contribution is 2.29. The summed E-state index contributed by atoms with van der Waals surface area (Å²) >= 11 is 5.79. The molecule has 6 heteroatoms. The van der Waals surface area contributed by atoms with E-state index in [2.05, 4.69) is 19.2 Å². The van der Waals surface area contributed by atoms with Crippen LogP contribution in [0.15, 0.2) is 18.2 Å². The van der Waals surface area contributed by atoms with Gasteiger partial charge in [0.05, 0.1) is 10.6 Å². The van der Waals surface area contributed by atoms with Crippen LogP contribution in [0.25, 0.3) is 0 Å². The molecule has 1 aromatic rings. The van der Waals surface area contributed by atoms with Crippen LogP contribution in [0.2, 0.25) is 5.02 Å². The highest BCUT2D eigenvalue weighted by Gasteiger charge is 2.28. The van der Waals surface area contributed by atoms with Gasteiger partial charge in [0.2, 0.25) is 0 Å². The molecule has 1 saturated carbocycles. The van der Waals surface area contributed by atoms with E-state index in [1.807, 2.05) is 0 Å². The Morgan fingerprint density at radius 3 is 2.78 bits per heavy atom. The highest BCUT2D eigenvalue weighted by atomic mass is 35.5. The highest BCUT2D eigenvalue weighted by molar-refractivity contribution is 6.33. The van der Waals surface area contributed by atoms with Crippen LogP contribution in [0.1, 0.15) is 43.5 Å². The third-order valence-electron chi connectivity index (χ3n) is 4.54. The Morgan fingerprint density at radius 1 is 1.35 bits per heavy atom. The van der Waals surface area contributed by atoms with E-state index in [1.165, 1.54) is 12.5 Å². The van der Waals surface area contributed by atoms with Gasteiger partial charge in [-0.25, -0.2) is 9.18 Å². The summed E-state index contributed by atoms with van der Waals surface area (Å²) in [6, 6.07) is 3.50. The minimum absolute atomic E-state index is 0.0369. The van der Waals surface area contributed by atoms with Gasteiger partial charge in [-0.3, -0.25) is 4.79 Å². The quantitative estimate of drug-likeness (QED) is 0.852. The topological polar surface area (TPSA) is 55.4 Å². The zero-order chi connectivity index (χ0) is 17.0. The summed E-state index contributed by atoms with van der Waals surface area (Å²) in [6.45, 7) is 3.93. The molecule has 0 bridgehead atoms. The van der Waals surface area contributed by atoms with Crippen molar-refractivity contribution in [1.29, 1.82) is 0 Å². The van der Waals surface area contributed by atoms with Gasteiger partial charge in [0.25, 0.3) is 5.91 Å². The van der Waals surface area contributed by atoms with Gasteiger partial charge >= 0.3 is 5.97 Å². The lowest BCUT2D eigenvalue weighted by Crippen LogP contribution is -2.45. The number of halogens is 2. The molecule has 0 aliphatic heterocycles. The number of rotatable bonds is 4. The summed E-state index contributed by atoms with van der Waals surface area (Å²) < 4.78 is 17.9. The predicted octanol–water partition coefficient (Wildman–Crippen LogP) is 3.58. The smallest absolute Gasteiger partial charge is 0.340 e. The number of hydrogen-bond donors (Lipinski definition) is 1. The molecule has 1 amide bonds. The maximum Gasteiger partial charge on any atom is 0.340 e. The minimum Gasteiger partial charge on any atom is -0.452 e. The number of hydrogen-bond acceptors (Lipinski definition) is 3. The van der Waals surface area contributed by atoms with Crippen LogP contribution in [0, 0.1) is 17.7 Å². The Morgan fingerprint density at radius 2 is 2.09 bits per heavy atom. The summed E-state index contributed by atoms with van der Waals surface area (Å²) in [7, 11) is 0. The Bertz CT molecular complexity index is 593. The maximum atomic E-state index is 13.0. The zero-order valence-corrected chi connectivity index (χ0v) is 14.0. The SMILES string of the molecule is C[C@@H]1[C@H](C)CCC[C@@H]1NC(=O)COC(=O)c1ccc(F)cc1Cl. The first kappa shape index (κ1) is 17.7. The summed E-state index contributed by atoms with van der Waals surface area (Å²) in [5.74, 6) is -0.646. The fraction of sp³-hybridized carbons (Fsp3) is 0.529. The van der Waals surface area contributed by atoms with Crippen molar-refractivity contribution in [3.63, 3.8) is 0 Å². The minimum atomic E-state index is -0.741. The Kier molecular flexibility index (Phi) is 5.99. The van der Waals surface area contributed by atoms with Crippen molar-refractivity contribution in [1.82, 2.24) is 5.32 Å². The molecule has 0 saturated heterocycles. The van der Waals surface area contributed by atoms with Crippen molar-refractivity contribution >= 4 is 23.5 Å². The molecule has 23 heavy (non-hydrogen) atoms. The molecule has 3 atom stereocenters. The maximum absolute atomic E-state index is 13.0. The van der Waals surface area contributed by atoms with Crippen molar-refractivity contribution in [2.24, 2.45) is 11.8 Å². The zero-order valence-electron chi connectivity index (χ0n) is 13.3. The number of esters is 1. The normalized spacial score (nSPS) is 24.1. The van der Waals surface area contributed by atoms with Gasteiger partial charge in [0.15, 0.2) is 6.61 Å². The lowest BCUT2D eigenvalue weighted by atomic mass is 9.78. The molecular weight excluding hydrogens is 321 g/mol. The van der Waals surface area contributed by atoms with Gasteiger partial charge in [0.1, 0.15) is 5.82 Å². The van der Waals surface area contributed by atoms with Crippen molar-refractivity contribution in [3.8, 4) is 0 Å². The molecule has 4 nitrogen and oxygen atoms in total. The number of carbonyl (C=O) groups is 2. The lowest BCUT2D eigenvalue weighted by Gasteiger charge is -2.34. The molecule has 2 rings (SSSR count). The summed E-state index contributed by atoms with van der Waals surface area (Å²) in [6.07, 6.45) is 3.20. The molecule has 0 unspecified atom stereocenters. The van der Waals surface area contributed by atoms with E-state index in [4.69, 9.17) is 16.3 Å². The number of carbonyl (C=O) groups excluding carboxylic acids is 2. The fourth-order valence-corrected chi connectivity index (χ4v) is 3.14. The number of benzene rings is 1. The second kappa shape index (κ2) is 7.77. The summed E-state index contributed by atoms with van der Waals surface area (Å²) in [4.78, 5) is 23.8. The van der Waals surface area contributed by atoms with E-state index in [0.717, 1.165) is 25.0 Å². The Hall–Kier alpha value is -1.62. The van der Waals surface area contributed by atoms with Crippen molar-refractivity contribution in [2.45, 2.75) is 39.2 Å². The first-order valence-electron chi connectivity index (χ1n) is 7.80. The molecule has 0 heterocycles. The van der Waals surface area contributed by atoms with Crippen molar-refractivity contribution in [3.05, 3.63) is 34.6 Å². The molecule has 0 radical (unpaired) electrons. The van der Waals surface area contributed by atoms with Crippen LogP contribution in [-0.2, 0) is 9.53 Å². The second-order valence-electron chi connectivity index (χ2n) is 6.14. The molecule has 0 aromatic heterocycles. The molecule has 1 N–H and O–H groups in total. The third kappa shape index (κ3) is 4.67. The van der Waals surface area contributed by atoms with E-state index < -0.39 is 11.8 Å². The number of amides is 1. The summed E-state index contributed by atoms with van der Waals surface area (Å²) in [5, 5.41) is 2.88. The van der Waals surface area contributed by atoms with Crippen LogP contribution in [0.5, 0.6) is 0 Å². The van der Waals surface area contributed by atoms with Gasteiger partial charge in [-0.15, -0.1) is 0 Å². The van der Waals surface area contributed by atoms with Crippen molar-refractivity contribution < 1.29 is 18.7 Å². The standard InChI is InChI=1S/C17H21ClFNO3/c1-10-4-3-5-15(11(10)2)20-16(21)9-23-17(22)13-7-6-12(19)8-14(13)18/h6-8,10-11,15H,3-5,9H2,1-2H3,(H,20,21)/t10-,11-,15+/m1/s1. The van der Waals surface area contributed by atoms with Crippen LogP contribution in [-0.4, -0.2) is 24.5 Å². The van der Waals surface area contributed by atoms with Crippen molar-refractivity contribution in [2.75, 3.05) is 6.61 Å². The molecular formula is C17H21ClFNO3. The second-order valence-corrected chi connectivity index (χ2v) is 6.55. The van der Waals surface area contributed by atoms with Gasteiger partial charge in [-0.2, -0.15) is 0 Å². The van der Waals surface area contributed by atoms with E-state index in [1.54, 1.807) is 0 Å². The van der Waals surface area contributed by atoms with E-state index >= 15 is 0 Å². The van der Waals surface area contributed by atoms with Gasteiger partial charge in [0, 0.05) is 6.04 Å². The van der Waals surface area contributed by atoms with Crippen LogP contribution >= 0.6 is 11.6 Å².